The number of benzene rings is 4. The van der Waals surface area contributed by atoms with E-state index >= 15 is 0 Å². The van der Waals surface area contributed by atoms with E-state index in [1.807, 2.05) is 0 Å². The van der Waals surface area contributed by atoms with Gasteiger partial charge in [-0.2, -0.15) is 12.1 Å². The Bertz CT molecular complexity index is 1640. The summed E-state index contributed by atoms with van der Waals surface area (Å²) in [5.74, 6) is 0. The summed E-state index contributed by atoms with van der Waals surface area (Å²) in [6, 6.07) is 31.4. The average Bonchev–Trinajstić information content (AvgIpc) is 3.46. The van der Waals surface area contributed by atoms with Crippen LogP contribution in [0.1, 0.15) is 44.5 Å². The van der Waals surface area contributed by atoms with Crippen LogP contribution in [0.25, 0.3) is 43.8 Å². The molecule has 2 radical (unpaired) electrons. The Labute approximate surface area is 296 Å². The fourth-order valence-corrected chi connectivity index (χ4v) is 6.41. The summed E-state index contributed by atoms with van der Waals surface area (Å²) < 4.78 is 0. The Morgan fingerprint density at radius 3 is 1.07 bits per heavy atom. The minimum absolute atomic E-state index is 0. The Morgan fingerprint density at radius 2 is 0.773 bits per heavy atom. The molecule has 4 heteroatoms. The zero-order valence-electron chi connectivity index (χ0n) is 27.9. The molecule has 0 atom stereocenters. The molecule has 0 aliphatic heterocycles. The molecule has 0 bridgehead atoms. The fourth-order valence-electron chi connectivity index (χ4n) is 6.41. The van der Waals surface area contributed by atoms with Crippen molar-refractivity contribution in [3.05, 3.63) is 144 Å². The van der Waals surface area contributed by atoms with Gasteiger partial charge in [0.25, 0.3) is 0 Å². The van der Waals surface area contributed by atoms with Crippen LogP contribution in [0.3, 0.4) is 0 Å². The molecule has 0 heterocycles. The molecule has 0 aliphatic carbocycles. The van der Waals surface area contributed by atoms with Crippen molar-refractivity contribution >= 4 is 53.2 Å². The van der Waals surface area contributed by atoms with E-state index in [4.69, 9.17) is 0 Å². The predicted molar refractivity (Wildman–Crippen MR) is 201 cm³/mol. The molecule has 0 spiro atoms. The molecule has 232 valence electrons. The third kappa shape index (κ3) is 8.95. The second-order valence-corrected chi connectivity index (χ2v) is 11.2. The van der Waals surface area contributed by atoms with Crippen molar-refractivity contribution in [1.29, 1.82) is 0 Å². The Kier molecular flexibility index (Phi) is 17.1. The van der Waals surface area contributed by atoms with E-state index in [1.165, 1.54) is 112 Å². The normalized spacial score (nSPS) is 9.70. The summed E-state index contributed by atoms with van der Waals surface area (Å²) in [4.78, 5) is 0. The molecule has 0 saturated carbocycles. The maximum absolute atomic E-state index is 3.06. The first-order valence-corrected chi connectivity index (χ1v) is 18.0. The number of fused-ring (bicyclic) bond motifs is 2. The standard InChI is InChI=1S/2C19H19.2CH3.2ClH.Si.Zr/c2*1-12-8-14(3)19(15(4)9-12)17-7-5-6-16-10-13(2)11-18(16)17;;;;;;/h2*5-11H,1-4H3;2*1H3;2*1H;;/q4*-1;;;;. The maximum atomic E-state index is 3.06. The molecular formula is C40H46Cl2SiZr-4. The number of aryl methyl sites for hydroxylation is 8. The third-order valence-electron chi connectivity index (χ3n) is 7.68. The van der Waals surface area contributed by atoms with E-state index in [9.17, 15) is 0 Å². The molecule has 0 nitrogen and oxygen atoms in total. The van der Waals surface area contributed by atoms with Gasteiger partial charge < -0.3 is 14.9 Å². The van der Waals surface area contributed by atoms with E-state index in [2.05, 4.69) is 147 Å². The monoisotopic (exact) mass is 714 g/mol. The first kappa shape index (κ1) is 41.8. The van der Waals surface area contributed by atoms with Gasteiger partial charge >= 0.3 is 30.2 Å². The molecule has 0 saturated heterocycles. The summed E-state index contributed by atoms with van der Waals surface area (Å²) in [6.07, 6.45) is 0. The first-order valence-electron chi connectivity index (χ1n) is 13.9. The fraction of sp³-hybridized carbons (Fsp3) is 0.200. The van der Waals surface area contributed by atoms with Crippen LogP contribution in [0, 0.1) is 70.2 Å². The summed E-state index contributed by atoms with van der Waals surface area (Å²) >= 11 is 1.36. The van der Waals surface area contributed by atoms with Gasteiger partial charge in [0.2, 0.25) is 0 Å². The van der Waals surface area contributed by atoms with Crippen molar-refractivity contribution < 1.29 is 23.3 Å². The molecule has 6 rings (SSSR count). The van der Waals surface area contributed by atoms with Crippen molar-refractivity contribution in [2.75, 3.05) is 0 Å². The second kappa shape index (κ2) is 18.1. The molecule has 0 N–H and O–H groups in total. The van der Waals surface area contributed by atoms with Crippen LogP contribution in [0.5, 0.6) is 0 Å². The van der Waals surface area contributed by atoms with Crippen molar-refractivity contribution in [2.45, 2.75) is 55.4 Å². The van der Waals surface area contributed by atoms with Gasteiger partial charge in [0.1, 0.15) is 0 Å². The molecule has 0 aromatic heterocycles. The number of rotatable bonds is 2. The topological polar surface area (TPSA) is 0 Å². The van der Waals surface area contributed by atoms with Crippen LogP contribution in [0.4, 0.5) is 0 Å². The van der Waals surface area contributed by atoms with Gasteiger partial charge in [-0.3, -0.25) is 0 Å². The average molecular weight is 717 g/mol. The summed E-state index contributed by atoms with van der Waals surface area (Å²) in [7, 11) is 0. The third-order valence-corrected chi connectivity index (χ3v) is 7.68. The number of hydrogen-bond acceptors (Lipinski definition) is 0. The summed E-state index contributed by atoms with van der Waals surface area (Å²) in [5, 5.41) is 5.42. The predicted octanol–water partition coefficient (Wildman–Crippen LogP) is 12.3. The zero-order valence-corrected chi connectivity index (χ0v) is 33.0. The van der Waals surface area contributed by atoms with Crippen molar-refractivity contribution in [2.24, 2.45) is 0 Å². The molecule has 0 aliphatic rings. The molecular weight excluding hydrogens is 671 g/mol. The van der Waals surface area contributed by atoms with Crippen LogP contribution in [-0.2, 0) is 23.3 Å². The van der Waals surface area contributed by atoms with Gasteiger partial charge in [-0.1, -0.05) is 72.5 Å². The second-order valence-electron chi connectivity index (χ2n) is 11.2. The SMILES string of the molecule is Cc1cc(C)c(-c2cccc3[cH-]c(C)cc23)c(C)c1.Cc1cc(C)c(-c2cccc3[cH-]c(C)cc23)c(C)c1.Cl.Cl.[CH3-].[CH3-].[Si]=[Zr]. The van der Waals surface area contributed by atoms with E-state index < -0.39 is 0 Å². The van der Waals surface area contributed by atoms with Crippen molar-refractivity contribution in [3.8, 4) is 22.3 Å². The van der Waals surface area contributed by atoms with E-state index in [0.717, 1.165) is 0 Å². The molecule has 0 unspecified atom stereocenters. The number of halogens is 2. The van der Waals surface area contributed by atoms with E-state index in [-0.39, 0.29) is 39.7 Å². The molecule has 0 amide bonds. The van der Waals surface area contributed by atoms with Crippen LogP contribution in [0.15, 0.2) is 84.9 Å². The molecule has 6 aromatic rings. The van der Waals surface area contributed by atoms with Crippen molar-refractivity contribution in [1.82, 2.24) is 0 Å². The van der Waals surface area contributed by atoms with Gasteiger partial charge in [-0.05, 0) is 74.9 Å². The van der Waals surface area contributed by atoms with E-state index in [1.54, 1.807) is 0 Å². The van der Waals surface area contributed by atoms with Crippen molar-refractivity contribution in [3.63, 3.8) is 0 Å². The molecule has 0 fully saturated rings. The number of hydrogen-bond donors (Lipinski definition) is 0. The van der Waals surface area contributed by atoms with Crippen LogP contribution >= 0.6 is 24.8 Å². The van der Waals surface area contributed by atoms with Gasteiger partial charge in [0.15, 0.2) is 0 Å². The quantitative estimate of drug-likeness (QED) is 0.124. The Morgan fingerprint density at radius 1 is 0.477 bits per heavy atom. The Hall–Kier alpha value is -2.22. The van der Waals surface area contributed by atoms with Gasteiger partial charge in [-0.25, -0.2) is 0 Å². The first-order chi connectivity index (χ1) is 19.1. The van der Waals surface area contributed by atoms with Gasteiger partial charge in [0.05, 0.1) is 0 Å². The summed E-state index contributed by atoms with van der Waals surface area (Å²) in [6.45, 7) is 20.6. The van der Waals surface area contributed by atoms with Crippen LogP contribution in [-0.4, -0.2) is 6.88 Å². The molecule has 44 heavy (non-hydrogen) atoms. The Balaban J connectivity index is 0.000000733. The van der Waals surface area contributed by atoms with Crippen LogP contribution in [0.2, 0.25) is 0 Å². The zero-order chi connectivity index (χ0) is 29.1. The summed E-state index contributed by atoms with van der Waals surface area (Å²) in [5.41, 5.74) is 16.3. The van der Waals surface area contributed by atoms with E-state index in [0.29, 0.717) is 0 Å². The minimum atomic E-state index is 0. The molecule has 6 aromatic carbocycles. The van der Waals surface area contributed by atoms with Crippen LogP contribution < -0.4 is 0 Å². The van der Waals surface area contributed by atoms with Gasteiger partial charge in [-0.15, -0.1) is 93.9 Å². The van der Waals surface area contributed by atoms with Gasteiger partial charge in [0, 0.05) is 0 Å².